The molecule has 0 bridgehead atoms. The molecule has 2 N–H and O–H groups in total. The van der Waals surface area contributed by atoms with E-state index in [-0.39, 0.29) is 0 Å². The van der Waals surface area contributed by atoms with Gasteiger partial charge in [-0.05, 0) is 25.3 Å². The zero-order chi connectivity index (χ0) is 16.0. The Balaban J connectivity index is 1.77. The standard InChI is InChI=1S/C15H15Cl2N5S/c16-10-6-4-5-9(11(10)17)12-13(18)22-14(19-12)23-15(20-22)21-7-2-1-3-8-21/h4-6H,1-3,7-8,18H2. The van der Waals surface area contributed by atoms with Gasteiger partial charge in [0.1, 0.15) is 5.69 Å². The maximum Gasteiger partial charge on any atom is 0.216 e. The number of fused-ring (bicyclic) bond motifs is 1. The minimum atomic E-state index is 0.461. The molecule has 120 valence electrons. The lowest BCUT2D eigenvalue weighted by Crippen LogP contribution is -2.29. The number of nitrogen functional groups attached to an aromatic ring is 1. The van der Waals surface area contributed by atoms with Crippen molar-refractivity contribution >= 4 is 50.4 Å². The minimum Gasteiger partial charge on any atom is -0.382 e. The van der Waals surface area contributed by atoms with Gasteiger partial charge in [0, 0.05) is 18.7 Å². The van der Waals surface area contributed by atoms with E-state index in [1.54, 1.807) is 21.9 Å². The Bertz CT molecular complexity index is 866. The minimum absolute atomic E-state index is 0.461. The first kappa shape index (κ1) is 15.1. The Morgan fingerprint density at radius 1 is 1.13 bits per heavy atom. The van der Waals surface area contributed by atoms with Crippen LogP contribution in [0.1, 0.15) is 19.3 Å². The number of piperidine rings is 1. The summed E-state index contributed by atoms with van der Waals surface area (Å²) in [6.45, 7) is 2.09. The molecule has 4 rings (SSSR count). The summed E-state index contributed by atoms with van der Waals surface area (Å²) >= 11 is 13.9. The van der Waals surface area contributed by atoms with Gasteiger partial charge in [0.05, 0.1) is 10.0 Å². The molecule has 3 aromatic rings. The van der Waals surface area contributed by atoms with Crippen molar-refractivity contribution in [2.75, 3.05) is 23.7 Å². The molecule has 1 fully saturated rings. The van der Waals surface area contributed by atoms with Gasteiger partial charge >= 0.3 is 0 Å². The third kappa shape index (κ3) is 2.55. The van der Waals surface area contributed by atoms with Gasteiger partial charge < -0.3 is 10.6 Å². The van der Waals surface area contributed by atoms with Gasteiger partial charge in [-0.2, -0.15) is 4.52 Å². The van der Waals surface area contributed by atoms with E-state index in [4.69, 9.17) is 28.9 Å². The van der Waals surface area contributed by atoms with Crippen molar-refractivity contribution < 1.29 is 0 Å². The number of hydrogen-bond acceptors (Lipinski definition) is 5. The second-order valence-corrected chi connectivity index (χ2v) is 7.29. The highest BCUT2D eigenvalue weighted by atomic mass is 35.5. The van der Waals surface area contributed by atoms with Crippen LogP contribution in [0.4, 0.5) is 10.9 Å². The molecule has 2 aromatic heterocycles. The van der Waals surface area contributed by atoms with Crippen molar-refractivity contribution in [3.8, 4) is 11.3 Å². The summed E-state index contributed by atoms with van der Waals surface area (Å²) in [4.78, 5) is 7.70. The molecule has 0 unspecified atom stereocenters. The van der Waals surface area contributed by atoms with Crippen molar-refractivity contribution in [1.29, 1.82) is 0 Å². The molecule has 1 aromatic carbocycles. The lowest BCUT2D eigenvalue weighted by atomic mass is 10.1. The molecule has 0 amide bonds. The van der Waals surface area contributed by atoms with Crippen LogP contribution >= 0.6 is 34.5 Å². The summed E-state index contributed by atoms with van der Waals surface area (Å²) in [6, 6.07) is 5.44. The predicted octanol–water partition coefficient (Wildman–Crippen LogP) is 4.34. The number of aromatic nitrogens is 3. The molecule has 0 atom stereocenters. The van der Waals surface area contributed by atoms with Crippen molar-refractivity contribution in [3.05, 3.63) is 28.2 Å². The molecule has 23 heavy (non-hydrogen) atoms. The quantitative estimate of drug-likeness (QED) is 0.731. The first-order valence-electron chi connectivity index (χ1n) is 7.49. The van der Waals surface area contributed by atoms with Gasteiger partial charge in [0.2, 0.25) is 10.1 Å². The highest BCUT2D eigenvalue weighted by molar-refractivity contribution is 7.20. The molecule has 5 nitrogen and oxygen atoms in total. The smallest absolute Gasteiger partial charge is 0.216 e. The molecule has 8 heteroatoms. The van der Waals surface area contributed by atoms with Gasteiger partial charge in [-0.3, -0.25) is 0 Å². The van der Waals surface area contributed by atoms with E-state index in [1.807, 2.05) is 12.1 Å². The Morgan fingerprint density at radius 3 is 2.65 bits per heavy atom. The lowest BCUT2D eigenvalue weighted by Gasteiger charge is -2.25. The number of hydrogen-bond donors (Lipinski definition) is 1. The van der Waals surface area contributed by atoms with Crippen LogP contribution in [-0.4, -0.2) is 27.7 Å². The Morgan fingerprint density at radius 2 is 1.91 bits per heavy atom. The number of rotatable bonds is 2. The average molecular weight is 368 g/mol. The molecule has 0 saturated carbocycles. The van der Waals surface area contributed by atoms with E-state index >= 15 is 0 Å². The molecule has 3 heterocycles. The van der Waals surface area contributed by atoms with E-state index in [0.29, 0.717) is 21.6 Å². The first-order valence-corrected chi connectivity index (χ1v) is 9.07. The Hall–Kier alpha value is -1.50. The zero-order valence-electron chi connectivity index (χ0n) is 12.3. The van der Waals surface area contributed by atoms with Crippen molar-refractivity contribution in [1.82, 2.24) is 14.6 Å². The van der Waals surface area contributed by atoms with E-state index < -0.39 is 0 Å². The van der Waals surface area contributed by atoms with Crippen molar-refractivity contribution in [3.63, 3.8) is 0 Å². The van der Waals surface area contributed by atoms with Gasteiger partial charge in [-0.15, -0.1) is 5.10 Å². The summed E-state index contributed by atoms with van der Waals surface area (Å²) in [6.07, 6.45) is 3.71. The summed E-state index contributed by atoms with van der Waals surface area (Å²) < 4.78 is 1.70. The van der Waals surface area contributed by atoms with Crippen LogP contribution in [-0.2, 0) is 0 Å². The Labute approximate surface area is 147 Å². The van der Waals surface area contributed by atoms with Gasteiger partial charge in [-0.25, -0.2) is 4.98 Å². The third-order valence-corrected chi connectivity index (χ3v) is 5.85. The van der Waals surface area contributed by atoms with Crippen LogP contribution in [0.2, 0.25) is 10.0 Å². The number of anilines is 2. The number of benzene rings is 1. The van der Waals surface area contributed by atoms with Crippen LogP contribution in [0.3, 0.4) is 0 Å². The number of nitrogens with two attached hydrogens (primary N) is 1. The molecule has 0 spiro atoms. The van der Waals surface area contributed by atoms with E-state index in [1.165, 1.54) is 19.3 Å². The molecule has 0 aliphatic carbocycles. The summed E-state index contributed by atoms with van der Waals surface area (Å²) in [5.74, 6) is 0.490. The fourth-order valence-electron chi connectivity index (χ4n) is 2.85. The first-order chi connectivity index (χ1) is 11.1. The summed E-state index contributed by atoms with van der Waals surface area (Å²) in [5, 5.41) is 6.56. The monoisotopic (exact) mass is 367 g/mol. The third-order valence-electron chi connectivity index (χ3n) is 4.06. The van der Waals surface area contributed by atoms with Crippen molar-refractivity contribution in [2.24, 2.45) is 0 Å². The van der Waals surface area contributed by atoms with Crippen LogP contribution < -0.4 is 10.6 Å². The van der Waals surface area contributed by atoms with E-state index in [9.17, 15) is 0 Å². The second-order valence-electron chi connectivity index (χ2n) is 5.57. The number of nitrogens with zero attached hydrogens (tertiary/aromatic N) is 4. The maximum atomic E-state index is 6.29. The largest absolute Gasteiger partial charge is 0.382 e. The number of halogens is 2. The SMILES string of the molecule is Nc1c(-c2cccc(Cl)c2Cl)nc2sc(N3CCCCC3)nn12. The fourth-order valence-corrected chi connectivity index (χ4v) is 4.20. The summed E-state index contributed by atoms with van der Waals surface area (Å²) in [7, 11) is 0. The van der Waals surface area contributed by atoms with E-state index in [0.717, 1.165) is 28.7 Å². The predicted molar refractivity (Wildman–Crippen MR) is 96.8 cm³/mol. The normalized spacial score (nSPS) is 15.5. The molecular formula is C15H15Cl2N5S. The highest BCUT2D eigenvalue weighted by Gasteiger charge is 2.21. The highest BCUT2D eigenvalue weighted by Crippen LogP contribution is 2.37. The second kappa shape index (κ2) is 5.85. The van der Waals surface area contributed by atoms with Gasteiger partial charge in [0.25, 0.3) is 0 Å². The van der Waals surface area contributed by atoms with Crippen LogP contribution in [0.15, 0.2) is 18.2 Å². The maximum absolute atomic E-state index is 6.29. The molecular weight excluding hydrogens is 353 g/mol. The zero-order valence-corrected chi connectivity index (χ0v) is 14.6. The molecule has 1 aliphatic rings. The van der Waals surface area contributed by atoms with Gasteiger partial charge in [-0.1, -0.05) is 46.7 Å². The average Bonchev–Trinajstić information content (AvgIpc) is 3.11. The number of imidazole rings is 1. The van der Waals surface area contributed by atoms with Crippen LogP contribution in [0.5, 0.6) is 0 Å². The Kier molecular flexibility index (Phi) is 3.83. The molecule has 1 aliphatic heterocycles. The summed E-state index contributed by atoms with van der Waals surface area (Å²) in [5.41, 5.74) is 7.61. The van der Waals surface area contributed by atoms with Crippen LogP contribution in [0, 0.1) is 0 Å². The van der Waals surface area contributed by atoms with E-state index in [2.05, 4.69) is 15.0 Å². The molecule has 0 radical (unpaired) electrons. The van der Waals surface area contributed by atoms with Crippen LogP contribution in [0.25, 0.3) is 16.2 Å². The molecule has 1 saturated heterocycles. The lowest BCUT2D eigenvalue weighted by molar-refractivity contribution is 0.574. The van der Waals surface area contributed by atoms with Crippen molar-refractivity contribution in [2.45, 2.75) is 19.3 Å². The van der Waals surface area contributed by atoms with Gasteiger partial charge in [0.15, 0.2) is 5.82 Å². The fraction of sp³-hybridized carbons (Fsp3) is 0.333. The topological polar surface area (TPSA) is 59.5 Å².